The van der Waals surface area contributed by atoms with Crippen LogP contribution in [0.5, 0.6) is 0 Å². The van der Waals surface area contributed by atoms with E-state index in [4.69, 9.17) is 0 Å². The fraction of sp³-hybridized carbons (Fsp3) is 0.346. The van der Waals surface area contributed by atoms with Gasteiger partial charge in [0, 0.05) is 49.3 Å². The van der Waals surface area contributed by atoms with E-state index in [-0.39, 0.29) is 6.61 Å². The summed E-state index contributed by atoms with van der Waals surface area (Å²) in [6, 6.07) is 8.14. The van der Waals surface area contributed by atoms with Crippen LogP contribution in [0.1, 0.15) is 36.7 Å². The number of nitrogens with zero attached hydrogens (tertiary/aromatic N) is 4. The molecular formula is C26H30FN7O. The molecule has 1 aromatic carbocycles. The second-order valence-corrected chi connectivity index (χ2v) is 8.85. The van der Waals surface area contributed by atoms with Gasteiger partial charge in [-0.2, -0.15) is 20.5 Å². The molecule has 0 aliphatic carbocycles. The molecule has 4 aromatic rings. The fourth-order valence-corrected chi connectivity index (χ4v) is 4.61. The van der Waals surface area contributed by atoms with Crippen LogP contribution in [0.2, 0.25) is 0 Å². The monoisotopic (exact) mass is 475 g/mol. The molecule has 3 aromatic heterocycles. The highest BCUT2D eigenvalue weighted by atomic mass is 19.1. The van der Waals surface area contributed by atoms with Crippen LogP contribution in [0.25, 0.3) is 45.7 Å². The van der Waals surface area contributed by atoms with Crippen molar-refractivity contribution in [3.8, 4) is 22.6 Å². The van der Waals surface area contributed by atoms with Crippen molar-refractivity contribution in [3.05, 3.63) is 53.4 Å². The van der Waals surface area contributed by atoms with E-state index in [0.29, 0.717) is 19.3 Å². The lowest BCUT2D eigenvalue weighted by atomic mass is 10.1. The first-order valence-electron chi connectivity index (χ1n) is 12.0. The van der Waals surface area contributed by atoms with Gasteiger partial charge in [-0.25, -0.2) is 4.39 Å². The Kier molecular flexibility index (Phi) is 6.87. The Bertz CT molecular complexity index is 1340. The summed E-state index contributed by atoms with van der Waals surface area (Å²) in [5, 5.41) is 29.0. The maximum absolute atomic E-state index is 13.4. The molecule has 0 bridgehead atoms. The maximum Gasteiger partial charge on any atom is 0.116 e. The standard InChI is InChI=1S/C26H30FN7O/c1-2-4-21-17(5-3-11-34-12-8-19(27)9-13-34)15-24(28-21)26-20-7-6-18(16-23(20)29-31-26)25-22(10-14-35)30-33-32-25/h2-7,15-16,19,28,35H,8-14H2,1H3,(H,29,31)(H,30,32,33)/b4-2-,5-3+. The molecule has 0 radical (unpaired) electrons. The van der Waals surface area contributed by atoms with Crippen molar-refractivity contribution in [2.24, 2.45) is 0 Å². The Morgan fingerprint density at radius 2 is 1.97 bits per heavy atom. The number of rotatable bonds is 8. The van der Waals surface area contributed by atoms with Crippen LogP contribution in [0, 0.1) is 0 Å². The van der Waals surface area contributed by atoms with Gasteiger partial charge in [-0.1, -0.05) is 24.3 Å². The number of nitrogens with one attached hydrogen (secondary N) is 3. The van der Waals surface area contributed by atoms with E-state index in [1.807, 2.05) is 31.2 Å². The lowest BCUT2D eigenvalue weighted by Gasteiger charge is -2.27. The minimum atomic E-state index is -0.651. The highest BCUT2D eigenvalue weighted by Gasteiger charge is 2.18. The molecule has 4 heterocycles. The first-order valence-corrected chi connectivity index (χ1v) is 12.0. The average Bonchev–Trinajstić information content (AvgIpc) is 3.59. The molecule has 9 heteroatoms. The van der Waals surface area contributed by atoms with Crippen molar-refractivity contribution in [1.29, 1.82) is 0 Å². The summed E-state index contributed by atoms with van der Waals surface area (Å²) in [5.74, 6) is 0. The van der Waals surface area contributed by atoms with Crippen molar-refractivity contribution in [1.82, 2.24) is 35.5 Å². The number of aromatic nitrogens is 6. The van der Waals surface area contributed by atoms with Gasteiger partial charge in [-0.05, 0) is 49.6 Å². The quantitative estimate of drug-likeness (QED) is 0.303. The Morgan fingerprint density at radius 1 is 1.11 bits per heavy atom. The Labute approximate surface area is 202 Å². The third-order valence-corrected chi connectivity index (χ3v) is 6.45. The zero-order valence-corrected chi connectivity index (χ0v) is 19.8. The van der Waals surface area contributed by atoms with Gasteiger partial charge in [0.2, 0.25) is 0 Å². The number of likely N-dealkylation sites (tertiary alicyclic amines) is 1. The van der Waals surface area contributed by atoms with Crippen LogP contribution in [-0.2, 0) is 6.42 Å². The lowest BCUT2D eigenvalue weighted by Crippen LogP contribution is -2.34. The van der Waals surface area contributed by atoms with Crippen LogP contribution in [0.3, 0.4) is 0 Å². The number of aromatic amines is 3. The highest BCUT2D eigenvalue weighted by molar-refractivity contribution is 5.95. The van der Waals surface area contributed by atoms with Gasteiger partial charge in [0.05, 0.1) is 16.9 Å². The molecule has 1 aliphatic rings. The number of benzene rings is 1. The number of aliphatic hydroxyl groups is 1. The predicted octanol–water partition coefficient (Wildman–Crippen LogP) is 4.36. The lowest BCUT2D eigenvalue weighted by molar-refractivity contribution is 0.162. The number of alkyl halides is 1. The van der Waals surface area contributed by atoms with Crippen LogP contribution in [0.4, 0.5) is 4.39 Å². The van der Waals surface area contributed by atoms with E-state index in [0.717, 1.165) is 70.1 Å². The van der Waals surface area contributed by atoms with E-state index >= 15 is 0 Å². The fourth-order valence-electron chi connectivity index (χ4n) is 4.61. The molecule has 0 spiro atoms. The molecule has 1 aliphatic heterocycles. The molecule has 35 heavy (non-hydrogen) atoms. The zero-order chi connectivity index (χ0) is 24.2. The van der Waals surface area contributed by atoms with E-state index in [9.17, 15) is 9.50 Å². The van der Waals surface area contributed by atoms with Crippen molar-refractivity contribution >= 4 is 23.1 Å². The predicted molar refractivity (Wildman–Crippen MR) is 136 cm³/mol. The summed E-state index contributed by atoms with van der Waals surface area (Å²) in [6.07, 6.45) is 9.37. The Morgan fingerprint density at radius 3 is 2.77 bits per heavy atom. The molecule has 0 amide bonds. The Hall–Kier alpha value is -3.56. The molecule has 0 atom stereocenters. The zero-order valence-electron chi connectivity index (χ0n) is 19.8. The smallest absolute Gasteiger partial charge is 0.116 e. The number of aliphatic hydroxyl groups excluding tert-OH is 1. The van der Waals surface area contributed by atoms with Crippen molar-refractivity contribution < 1.29 is 9.50 Å². The van der Waals surface area contributed by atoms with Crippen LogP contribution < -0.4 is 0 Å². The summed E-state index contributed by atoms with van der Waals surface area (Å²) in [4.78, 5) is 5.79. The van der Waals surface area contributed by atoms with Crippen LogP contribution in [-0.4, -0.2) is 73.0 Å². The summed E-state index contributed by atoms with van der Waals surface area (Å²) in [6.45, 7) is 4.45. The minimum absolute atomic E-state index is 0.0181. The molecule has 4 N–H and O–H groups in total. The van der Waals surface area contributed by atoms with Crippen molar-refractivity contribution in [2.45, 2.75) is 32.4 Å². The molecule has 182 valence electrons. The number of halogens is 1. The first kappa shape index (κ1) is 23.2. The van der Waals surface area contributed by atoms with Gasteiger partial charge >= 0.3 is 0 Å². The average molecular weight is 476 g/mol. The van der Waals surface area contributed by atoms with E-state index in [1.54, 1.807) is 0 Å². The number of piperidine rings is 1. The van der Waals surface area contributed by atoms with Gasteiger partial charge in [-0.3, -0.25) is 10.00 Å². The maximum atomic E-state index is 13.4. The molecule has 8 nitrogen and oxygen atoms in total. The molecular weight excluding hydrogens is 445 g/mol. The number of H-pyrrole nitrogens is 3. The minimum Gasteiger partial charge on any atom is -0.396 e. The van der Waals surface area contributed by atoms with E-state index in [2.05, 4.69) is 59.8 Å². The first-order chi connectivity index (χ1) is 17.2. The van der Waals surface area contributed by atoms with Crippen molar-refractivity contribution in [2.75, 3.05) is 26.2 Å². The van der Waals surface area contributed by atoms with Crippen molar-refractivity contribution in [3.63, 3.8) is 0 Å². The van der Waals surface area contributed by atoms with Crippen LogP contribution >= 0.6 is 0 Å². The largest absolute Gasteiger partial charge is 0.396 e. The molecule has 1 saturated heterocycles. The number of hydrogen-bond acceptors (Lipinski definition) is 5. The molecule has 0 saturated carbocycles. The topological polar surface area (TPSA) is 110 Å². The third-order valence-electron chi connectivity index (χ3n) is 6.45. The summed E-state index contributed by atoms with van der Waals surface area (Å²) in [5.41, 5.74) is 7.15. The second-order valence-electron chi connectivity index (χ2n) is 8.85. The van der Waals surface area contributed by atoms with Gasteiger partial charge < -0.3 is 10.1 Å². The van der Waals surface area contributed by atoms with Gasteiger partial charge in [0.25, 0.3) is 0 Å². The number of hydrogen-bond donors (Lipinski definition) is 4. The highest BCUT2D eigenvalue weighted by Crippen LogP contribution is 2.31. The number of allylic oxidation sites excluding steroid dienone is 1. The van der Waals surface area contributed by atoms with Gasteiger partial charge in [0.15, 0.2) is 0 Å². The summed E-state index contributed by atoms with van der Waals surface area (Å²) in [7, 11) is 0. The third kappa shape index (κ3) is 4.96. The Balaban J connectivity index is 1.40. The normalized spacial score (nSPS) is 15.9. The molecule has 0 unspecified atom stereocenters. The molecule has 5 rings (SSSR count). The number of fused-ring (bicyclic) bond motifs is 1. The molecule has 1 fully saturated rings. The van der Waals surface area contributed by atoms with E-state index in [1.165, 1.54) is 0 Å². The summed E-state index contributed by atoms with van der Waals surface area (Å²) >= 11 is 0. The van der Waals surface area contributed by atoms with Gasteiger partial charge in [-0.15, -0.1) is 0 Å². The second kappa shape index (κ2) is 10.4. The SMILES string of the molecule is C/C=C\c1[nH]c(-c2n[nH]c3cc(-c4n[nH]nc4CCO)ccc23)cc1/C=C/CN1CCC(F)CC1. The van der Waals surface area contributed by atoms with E-state index < -0.39 is 6.17 Å². The van der Waals surface area contributed by atoms with Crippen LogP contribution in [0.15, 0.2) is 36.4 Å². The summed E-state index contributed by atoms with van der Waals surface area (Å²) < 4.78 is 13.4. The van der Waals surface area contributed by atoms with Gasteiger partial charge in [0.1, 0.15) is 17.6 Å².